The van der Waals surface area contributed by atoms with Gasteiger partial charge in [0.25, 0.3) is 10.0 Å². The van der Waals surface area contributed by atoms with Crippen LogP contribution in [0.1, 0.15) is 25.0 Å². The average molecular weight is 679 g/mol. The van der Waals surface area contributed by atoms with Crippen LogP contribution in [0.15, 0.2) is 119 Å². The molecular formula is C34H36BrN3O5S. The van der Waals surface area contributed by atoms with Crippen molar-refractivity contribution in [1.29, 1.82) is 0 Å². The molecule has 0 aliphatic carbocycles. The number of nitrogens with zero attached hydrogens (tertiary/aromatic N) is 2. The quantitative estimate of drug-likeness (QED) is 0.193. The van der Waals surface area contributed by atoms with E-state index < -0.39 is 28.5 Å². The molecule has 0 heterocycles. The zero-order chi connectivity index (χ0) is 31.7. The van der Waals surface area contributed by atoms with Crippen LogP contribution in [0, 0.1) is 0 Å². The molecule has 0 bridgehead atoms. The third-order valence-corrected chi connectivity index (χ3v) is 9.18. The molecule has 0 aliphatic rings. The molecule has 1 N–H and O–H groups in total. The maximum Gasteiger partial charge on any atom is 0.264 e. The number of anilines is 1. The molecular weight excluding hydrogens is 642 g/mol. The van der Waals surface area contributed by atoms with E-state index >= 15 is 0 Å². The first-order valence-corrected chi connectivity index (χ1v) is 16.4. The van der Waals surface area contributed by atoms with Gasteiger partial charge in [-0.2, -0.15) is 0 Å². The maximum absolute atomic E-state index is 14.5. The van der Waals surface area contributed by atoms with Gasteiger partial charge in [-0.05, 0) is 67.4 Å². The van der Waals surface area contributed by atoms with E-state index in [0.29, 0.717) is 15.9 Å². The van der Waals surface area contributed by atoms with Crippen LogP contribution in [0.2, 0.25) is 0 Å². The number of carbonyl (C=O) groups excluding carboxylic acids is 2. The minimum absolute atomic E-state index is 0.0468. The Morgan fingerprint density at radius 3 is 2.11 bits per heavy atom. The molecule has 10 heteroatoms. The summed E-state index contributed by atoms with van der Waals surface area (Å²) in [6.07, 6.45) is 0.234. The van der Waals surface area contributed by atoms with Gasteiger partial charge in [-0.25, -0.2) is 8.42 Å². The first-order chi connectivity index (χ1) is 21.1. The molecule has 0 aliphatic heterocycles. The van der Waals surface area contributed by atoms with Crippen LogP contribution in [0.4, 0.5) is 5.69 Å². The first kappa shape index (κ1) is 32.8. The summed E-state index contributed by atoms with van der Waals surface area (Å²) >= 11 is 3.43. The van der Waals surface area contributed by atoms with Crippen LogP contribution in [0.5, 0.6) is 5.75 Å². The number of hydrogen-bond donors (Lipinski definition) is 1. The lowest BCUT2D eigenvalue weighted by Crippen LogP contribution is -2.54. The summed E-state index contributed by atoms with van der Waals surface area (Å²) in [6.45, 7) is 3.23. The molecule has 8 nitrogen and oxygen atoms in total. The van der Waals surface area contributed by atoms with Crippen molar-refractivity contribution in [3.8, 4) is 5.75 Å². The predicted octanol–water partition coefficient (Wildman–Crippen LogP) is 5.82. The molecule has 2 amide bonds. The zero-order valence-electron chi connectivity index (χ0n) is 24.9. The van der Waals surface area contributed by atoms with Gasteiger partial charge in [-0.1, -0.05) is 82.7 Å². The fourth-order valence-electron chi connectivity index (χ4n) is 4.78. The van der Waals surface area contributed by atoms with Crippen molar-refractivity contribution >= 4 is 43.5 Å². The van der Waals surface area contributed by atoms with Gasteiger partial charge >= 0.3 is 0 Å². The van der Waals surface area contributed by atoms with E-state index in [1.165, 1.54) is 17.0 Å². The molecule has 0 spiro atoms. The van der Waals surface area contributed by atoms with Crippen LogP contribution in [-0.4, -0.2) is 50.9 Å². The third-order valence-electron chi connectivity index (χ3n) is 6.90. The monoisotopic (exact) mass is 677 g/mol. The van der Waals surface area contributed by atoms with E-state index in [1.54, 1.807) is 61.7 Å². The van der Waals surface area contributed by atoms with Crippen molar-refractivity contribution in [3.05, 3.63) is 125 Å². The molecule has 4 rings (SSSR count). The number of methoxy groups -OCH3 is 1. The molecule has 0 saturated heterocycles. The molecule has 230 valence electrons. The van der Waals surface area contributed by atoms with Crippen LogP contribution in [0.3, 0.4) is 0 Å². The Hall–Kier alpha value is -4.15. The summed E-state index contributed by atoms with van der Waals surface area (Å²) in [5.41, 5.74) is 1.90. The van der Waals surface area contributed by atoms with E-state index in [1.807, 2.05) is 56.3 Å². The van der Waals surface area contributed by atoms with Gasteiger partial charge in [0.1, 0.15) is 18.3 Å². The van der Waals surface area contributed by atoms with Crippen molar-refractivity contribution in [1.82, 2.24) is 10.2 Å². The topological polar surface area (TPSA) is 96.0 Å². The van der Waals surface area contributed by atoms with Gasteiger partial charge in [0.15, 0.2) is 0 Å². The second kappa shape index (κ2) is 15.0. The molecule has 0 radical (unpaired) electrons. The second-order valence-electron chi connectivity index (χ2n) is 10.5. The van der Waals surface area contributed by atoms with Gasteiger partial charge in [-0.3, -0.25) is 13.9 Å². The highest BCUT2D eigenvalue weighted by atomic mass is 79.9. The van der Waals surface area contributed by atoms with Crippen molar-refractivity contribution in [2.24, 2.45) is 0 Å². The predicted molar refractivity (Wildman–Crippen MR) is 176 cm³/mol. The number of hydrogen-bond acceptors (Lipinski definition) is 5. The average Bonchev–Trinajstić information content (AvgIpc) is 3.02. The minimum Gasteiger partial charge on any atom is -0.497 e. The van der Waals surface area contributed by atoms with Crippen LogP contribution >= 0.6 is 15.9 Å². The fourth-order valence-corrected chi connectivity index (χ4v) is 6.60. The number of halogens is 1. The highest BCUT2D eigenvalue weighted by Crippen LogP contribution is 2.27. The Bertz CT molecular complexity index is 1670. The number of benzene rings is 4. The Morgan fingerprint density at radius 1 is 0.841 bits per heavy atom. The Labute approximate surface area is 267 Å². The molecule has 4 aromatic rings. The Morgan fingerprint density at radius 2 is 1.48 bits per heavy atom. The van der Waals surface area contributed by atoms with E-state index in [2.05, 4.69) is 21.2 Å². The highest BCUT2D eigenvalue weighted by molar-refractivity contribution is 9.10. The van der Waals surface area contributed by atoms with Gasteiger partial charge < -0.3 is 15.0 Å². The number of sulfonamides is 1. The fraction of sp³-hybridized carbons (Fsp3) is 0.235. The standard InChI is InChI=1S/C34H36BrN3O5S/c1-25(2)36-34(40)32(21-26-12-6-4-7-13-26)37(23-27-14-10-17-30(20-27)43-3)33(39)24-38(29-16-11-15-28(35)22-29)44(41,42)31-18-8-5-9-19-31/h4-20,22,25,32H,21,23-24H2,1-3H3,(H,36,40)/t32-/m0/s1. The Kier molecular flexibility index (Phi) is 11.2. The highest BCUT2D eigenvalue weighted by Gasteiger charge is 2.35. The van der Waals surface area contributed by atoms with Crippen LogP contribution in [0.25, 0.3) is 0 Å². The van der Waals surface area contributed by atoms with E-state index in [9.17, 15) is 18.0 Å². The molecule has 0 unspecified atom stereocenters. The SMILES string of the molecule is COc1cccc(CN(C(=O)CN(c2cccc(Br)c2)S(=O)(=O)c2ccccc2)[C@@H](Cc2ccccc2)C(=O)NC(C)C)c1. The minimum atomic E-state index is -4.16. The first-order valence-electron chi connectivity index (χ1n) is 14.2. The number of nitrogens with one attached hydrogen (secondary N) is 1. The molecule has 1 atom stereocenters. The van der Waals surface area contributed by atoms with Crippen molar-refractivity contribution in [2.45, 2.75) is 43.8 Å². The molecule has 0 aromatic heterocycles. The maximum atomic E-state index is 14.5. The van der Waals surface area contributed by atoms with Gasteiger partial charge in [0, 0.05) is 23.5 Å². The van der Waals surface area contributed by atoms with E-state index in [-0.39, 0.29) is 29.8 Å². The molecule has 4 aromatic carbocycles. The normalized spacial score (nSPS) is 11.9. The number of carbonyl (C=O) groups is 2. The summed E-state index contributed by atoms with van der Waals surface area (Å²) in [5, 5.41) is 2.96. The van der Waals surface area contributed by atoms with Crippen molar-refractivity contribution in [2.75, 3.05) is 18.0 Å². The van der Waals surface area contributed by atoms with Gasteiger partial charge in [-0.15, -0.1) is 0 Å². The smallest absolute Gasteiger partial charge is 0.264 e. The number of amides is 2. The lowest BCUT2D eigenvalue weighted by Gasteiger charge is -2.34. The summed E-state index contributed by atoms with van der Waals surface area (Å²) in [7, 11) is -2.61. The molecule has 0 saturated carbocycles. The number of ether oxygens (including phenoxy) is 1. The summed E-state index contributed by atoms with van der Waals surface area (Å²) in [4.78, 5) is 29.7. The summed E-state index contributed by atoms with van der Waals surface area (Å²) in [6, 6.07) is 30.3. The summed E-state index contributed by atoms with van der Waals surface area (Å²) < 4.78 is 35.2. The molecule has 44 heavy (non-hydrogen) atoms. The lowest BCUT2D eigenvalue weighted by atomic mass is 10.0. The zero-order valence-corrected chi connectivity index (χ0v) is 27.3. The summed E-state index contributed by atoms with van der Waals surface area (Å²) in [5.74, 6) is -0.268. The van der Waals surface area contributed by atoms with Crippen molar-refractivity contribution < 1.29 is 22.7 Å². The Balaban J connectivity index is 1.81. The number of rotatable bonds is 13. The second-order valence-corrected chi connectivity index (χ2v) is 13.3. The van der Waals surface area contributed by atoms with E-state index in [0.717, 1.165) is 15.4 Å². The lowest BCUT2D eigenvalue weighted by molar-refractivity contribution is -0.140. The van der Waals surface area contributed by atoms with Crippen molar-refractivity contribution in [3.63, 3.8) is 0 Å². The largest absolute Gasteiger partial charge is 0.497 e. The van der Waals surface area contributed by atoms with E-state index in [4.69, 9.17) is 4.74 Å². The third kappa shape index (κ3) is 8.48. The van der Waals surface area contributed by atoms with Gasteiger partial charge in [0.05, 0.1) is 17.7 Å². The van der Waals surface area contributed by atoms with Gasteiger partial charge in [0.2, 0.25) is 11.8 Å². The van der Waals surface area contributed by atoms with Crippen LogP contribution in [-0.2, 0) is 32.6 Å². The van der Waals surface area contributed by atoms with Crippen LogP contribution < -0.4 is 14.4 Å². The molecule has 0 fully saturated rings.